The van der Waals surface area contributed by atoms with Crippen molar-refractivity contribution in [3.63, 3.8) is 0 Å². The van der Waals surface area contributed by atoms with Crippen molar-refractivity contribution < 1.29 is 9.53 Å². The summed E-state index contributed by atoms with van der Waals surface area (Å²) in [6, 6.07) is 0. The highest BCUT2D eigenvalue weighted by Gasteiger charge is 2.21. The van der Waals surface area contributed by atoms with E-state index < -0.39 is 0 Å². The number of hydrogen-bond acceptors (Lipinski definition) is 3. The summed E-state index contributed by atoms with van der Waals surface area (Å²) < 4.78 is 5.56. The molecule has 1 aliphatic carbocycles. The molecule has 112 valence electrons. The van der Waals surface area contributed by atoms with Gasteiger partial charge in [0.2, 0.25) is 5.91 Å². The van der Waals surface area contributed by atoms with Crippen LogP contribution in [0.4, 0.5) is 0 Å². The van der Waals surface area contributed by atoms with Crippen LogP contribution in [0, 0.1) is 17.8 Å². The van der Waals surface area contributed by atoms with E-state index in [-0.39, 0.29) is 5.91 Å². The molecule has 0 aromatic rings. The fourth-order valence-corrected chi connectivity index (χ4v) is 2.19. The van der Waals surface area contributed by atoms with Crippen molar-refractivity contribution in [2.24, 2.45) is 23.5 Å². The fraction of sp³-hybridized carbons (Fsp3) is 0.933. The van der Waals surface area contributed by atoms with Crippen LogP contribution in [-0.2, 0) is 9.53 Å². The second kappa shape index (κ2) is 8.54. The highest BCUT2D eigenvalue weighted by atomic mass is 16.5. The zero-order valence-electron chi connectivity index (χ0n) is 12.7. The number of nitrogens with two attached hydrogens (primary N) is 1. The predicted molar refractivity (Wildman–Crippen MR) is 77.8 cm³/mol. The van der Waals surface area contributed by atoms with Crippen molar-refractivity contribution in [1.82, 2.24) is 4.90 Å². The number of amides is 1. The lowest BCUT2D eigenvalue weighted by atomic mass is 9.94. The molecule has 1 fully saturated rings. The SMILES string of the molecule is CC(C)C[C@H](CN)CC(=O)N(C)CCOCC1CC1. The van der Waals surface area contributed by atoms with Gasteiger partial charge >= 0.3 is 0 Å². The number of carbonyl (C=O) groups excluding carboxylic acids is 1. The average Bonchev–Trinajstić information content (AvgIpc) is 3.16. The lowest BCUT2D eigenvalue weighted by molar-refractivity contribution is -0.131. The Morgan fingerprint density at radius 3 is 2.63 bits per heavy atom. The molecular weight excluding hydrogens is 240 g/mol. The van der Waals surface area contributed by atoms with Gasteiger partial charge in [-0.2, -0.15) is 0 Å². The van der Waals surface area contributed by atoms with Gasteiger partial charge in [0.05, 0.1) is 6.61 Å². The van der Waals surface area contributed by atoms with Gasteiger partial charge in [0.1, 0.15) is 0 Å². The van der Waals surface area contributed by atoms with Crippen LogP contribution in [0.15, 0.2) is 0 Å². The van der Waals surface area contributed by atoms with Crippen molar-refractivity contribution in [3.05, 3.63) is 0 Å². The maximum absolute atomic E-state index is 12.0. The maximum Gasteiger partial charge on any atom is 0.222 e. The number of hydrogen-bond donors (Lipinski definition) is 1. The number of carbonyl (C=O) groups is 1. The molecule has 1 saturated carbocycles. The van der Waals surface area contributed by atoms with Gasteiger partial charge in [0.25, 0.3) is 0 Å². The Labute approximate surface area is 117 Å². The molecule has 0 aromatic carbocycles. The van der Waals surface area contributed by atoms with Gasteiger partial charge in [-0.05, 0) is 43.6 Å². The second-order valence-corrected chi connectivity index (χ2v) is 6.27. The molecule has 1 amide bonds. The third kappa shape index (κ3) is 7.53. The van der Waals surface area contributed by atoms with Crippen molar-refractivity contribution >= 4 is 5.91 Å². The minimum atomic E-state index is 0.186. The first-order valence-electron chi connectivity index (χ1n) is 7.54. The molecule has 0 aromatic heterocycles. The Bertz CT molecular complexity index is 265. The minimum Gasteiger partial charge on any atom is -0.379 e. The molecule has 0 spiro atoms. The summed E-state index contributed by atoms with van der Waals surface area (Å²) in [6.07, 6.45) is 4.20. The van der Waals surface area contributed by atoms with Crippen LogP contribution in [-0.4, -0.2) is 44.2 Å². The number of likely N-dealkylation sites (N-methyl/N-ethyl adjacent to an activating group) is 1. The molecule has 0 radical (unpaired) electrons. The van der Waals surface area contributed by atoms with Gasteiger partial charge in [-0.1, -0.05) is 13.8 Å². The van der Waals surface area contributed by atoms with Crippen molar-refractivity contribution in [2.45, 2.75) is 39.5 Å². The van der Waals surface area contributed by atoms with Gasteiger partial charge in [0.15, 0.2) is 0 Å². The Kier molecular flexibility index (Phi) is 7.39. The minimum absolute atomic E-state index is 0.186. The van der Waals surface area contributed by atoms with E-state index in [4.69, 9.17) is 10.5 Å². The molecule has 2 N–H and O–H groups in total. The van der Waals surface area contributed by atoms with Crippen LogP contribution >= 0.6 is 0 Å². The Morgan fingerprint density at radius 1 is 1.42 bits per heavy atom. The second-order valence-electron chi connectivity index (χ2n) is 6.27. The summed E-state index contributed by atoms with van der Waals surface area (Å²) in [7, 11) is 1.85. The van der Waals surface area contributed by atoms with Gasteiger partial charge in [-0.3, -0.25) is 4.79 Å². The molecule has 1 rings (SSSR count). The highest BCUT2D eigenvalue weighted by molar-refractivity contribution is 5.76. The summed E-state index contributed by atoms with van der Waals surface area (Å²) >= 11 is 0. The number of ether oxygens (including phenoxy) is 1. The van der Waals surface area contributed by atoms with E-state index in [0.717, 1.165) is 18.9 Å². The topological polar surface area (TPSA) is 55.6 Å². The van der Waals surface area contributed by atoms with E-state index in [1.165, 1.54) is 12.8 Å². The van der Waals surface area contributed by atoms with Crippen LogP contribution in [0.1, 0.15) is 39.5 Å². The highest BCUT2D eigenvalue weighted by Crippen LogP contribution is 2.28. The van der Waals surface area contributed by atoms with Crippen LogP contribution in [0.2, 0.25) is 0 Å². The number of rotatable bonds is 10. The smallest absolute Gasteiger partial charge is 0.222 e. The van der Waals surface area contributed by atoms with Crippen molar-refractivity contribution in [1.29, 1.82) is 0 Å². The first-order chi connectivity index (χ1) is 9.02. The molecule has 1 aliphatic rings. The molecule has 19 heavy (non-hydrogen) atoms. The molecule has 4 heteroatoms. The van der Waals surface area contributed by atoms with Gasteiger partial charge < -0.3 is 15.4 Å². The molecule has 0 aliphatic heterocycles. The average molecular weight is 270 g/mol. The zero-order valence-corrected chi connectivity index (χ0v) is 12.7. The van der Waals surface area contributed by atoms with E-state index in [0.29, 0.717) is 38.0 Å². The summed E-state index contributed by atoms with van der Waals surface area (Å²) in [5, 5.41) is 0. The van der Waals surface area contributed by atoms with Crippen LogP contribution in [0.3, 0.4) is 0 Å². The van der Waals surface area contributed by atoms with Gasteiger partial charge in [0, 0.05) is 26.6 Å². The van der Waals surface area contributed by atoms with E-state index in [1.54, 1.807) is 4.90 Å². The Hall–Kier alpha value is -0.610. The first kappa shape index (κ1) is 16.4. The molecule has 0 unspecified atom stereocenters. The third-order valence-electron chi connectivity index (χ3n) is 3.65. The Balaban J connectivity index is 2.14. The van der Waals surface area contributed by atoms with Gasteiger partial charge in [-0.15, -0.1) is 0 Å². The largest absolute Gasteiger partial charge is 0.379 e. The normalized spacial score (nSPS) is 16.7. The quantitative estimate of drug-likeness (QED) is 0.617. The fourth-order valence-electron chi connectivity index (χ4n) is 2.19. The standard InChI is InChI=1S/C15H30N2O2/c1-12(2)8-14(10-16)9-15(18)17(3)6-7-19-11-13-4-5-13/h12-14H,4-11,16H2,1-3H3/t14-/m0/s1. The summed E-state index contributed by atoms with van der Waals surface area (Å²) in [6.45, 7) is 7.13. The number of nitrogens with zero attached hydrogens (tertiary/aromatic N) is 1. The molecule has 0 heterocycles. The summed E-state index contributed by atoms with van der Waals surface area (Å²) in [5.74, 6) is 1.87. The molecule has 0 bridgehead atoms. The molecule has 0 saturated heterocycles. The van der Waals surface area contributed by atoms with Crippen molar-refractivity contribution in [2.75, 3.05) is 33.4 Å². The first-order valence-corrected chi connectivity index (χ1v) is 7.54. The maximum atomic E-state index is 12.0. The third-order valence-corrected chi connectivity index (χ3v) is 3.65. The van der Waals surface area contributed by atoms with E-state index in [9.17, 15) is 4.79 Å². The molecule has 1 atom stereocenters. The zero-order chi connectivity index (χ0) is 14.3. The molecular formula is C15H30N2O2. The van der Waals surface area contributed by atoms with Crippen molar-refractivity contribution in [3.8, 4) is 0 Å². The summed E-state index contributed by atoms with van der Waals surface area (Å²) in [4.78, 5) is 13.8. The van der Waals surface area contributed by atoms with E-state index in [1.807, 2.05) is 7.05 Å². The lowest BCUT2D eigenvalue weighted by Gasteiger charge is -2.21. The van der Waals surface area contributed by atoms with Crippen LogP contribution < -0.4 is 5.73 Å². The monoisotopic (exact) mass is 270 g/mol. The predicted octanol–water partition coefficient (Wildman–Crippen LogP) is 1.88. The molecule has 4 nitrogen and oxygen atoms in total. The van der Waals surface area contributed by atoms with Crippen LogP contribution in [0.25, 0.3) is 0 Å². The van der Waals surface area contributed by atoms with E-state index >= 15 is 0 Å². The summed E-state index contributed by atoms with van der Waals surface area (Å²) in [5.41, 5.74) is 5.74. The van der Waals surface area contributed by atoms with Crippen LogP contribution in [0.5, 0.6) is 0 Å². The lowest BCUT2D eigenvalue weighted by Crippen LogP contribution is -2.33. The van der Waals surface area contributed by atoms with E-state index in [2.05, 4.69) is 13.8 Å². The van der Waals surface area contributed by atoms with Gasteiger partial charge in [-0.25, -0.2) is 0 Å². The Morgan fingerprint density at radius 2 is 2.11 bits per heavy atom.